The summed E-state index contributed by atoms with van der Waals surface area (Å²) in [6.45, 7) is 0. The summed E-state index contributed by atoms with van der Waals surface area (Å²) in [6, 6.07) is 19.7. The summed E-state index contributed by atoms with van der Waals surface area (Å²) in [6.07, 6.45) is 2.21. The monoisotopic (exact) mass is 460 g/mol. The van der Waals surface area contributed by atoms with Crippen LogP contribution in [0.1, 0.15) is 23.6 Å². The van der Waals surface area contributed by atoms with Crippen LogP contribution < -0.4 is 4.74 Å². The number of nitrogens with zero attached hydrogens (tertiary/aromatic N) is 4. The number of hydrazone groups is 1. The van der Waals surface area contributed by atoms with E-state index in [0.29, 0.717) is 6.42 Å². The molecule has 0 aliphatic carbocycles. The molecule has 0 saturated heterocycles. The number of amides is 1. The maximum absolute atomic E-state index is 13.3. The van der Waals surface area contributed by atoms with Crippen LogP contribution in [0, 0.1) is 0 Å². The van der Waals surface area contributed by atoms with E-state index in [1.54, 1.807) is 29.8 Å². The van der Waals surface area contributed by atoms with Gasteiger partial charge in [0.2, 0.25) is 0 Å². The van der Waals surface area contributed by atoms with Crippen LogP contribution in [0.2, 0.25) is 0 Å². The largest absolute Gasteiger partial charge is 0.497 e. The highest BCUT2D eigenvalue weighted by molar-refractivity contribution is 8.00. The maximum Gasteiger partial charge on any atom is 0.253 e. The fourth-order valence-corrected chi connectivity index (χ4v) is 5.50. The van der Waals surface area contributed by atoms with Gasteiger partial charge in [0, 0.05) is 6.42 Å². The average Bonchev–Trinajstić information content (AvgIpc) is 3.51. The van der Waals surface area contributed by atoms with Crippen LogP contribution in [-0.4, -0.2) is 39.5 Å². The molecular formula is C24H20N4O2S2. The minimum atomic E-state index is -0.156. The van der Waals surface area contributed by atoms with Gasteiger partial charge in [-0.2, -0.15) is 5.10 Å². The van der Waals surface area contributed by atoms with Gasteiger partial charge in [-0.1, -0.05) is 54.2 Å². The van der Waals surface area contributed by atoms with Gasteiger partial charge in [0.25, 0.3) is 5.91 Å². The molecule has 1 amide bonds. The second kappa shape index (κ2) is 9.10. The molecule has 0 radical (unpaired) electrons. The number of hydrogen-bond donors (Lipinski definition) is 0. The maximum atomic E-state index is 13.3. The number of thiophene rings is 1. The van der Waals surface area contributed by atoms with Gasteiger partial charge in [-0.3, -0.25) is 4.79 Å². The molecule has 5 rings (SSSR count). The number of carbonyl (C=O) groups is 1. The molecule has 6 nitrogen and oxygen atoms in total. The molecule has 4 aromatic rings. The number of hydrogen-bond acceptors (Lipinski definition) is 7. The summed E-state index contributed by atoms with van der Waals surface area (Å²) in [5.74, 6) is 0.987. The zero-order chi connectivity index (χ0) is 21.9. The van der Waals surface area contributed by atoms with E-state index in [1.807, 2.05) is 66.0 Å². The lowest BCUT2D eigenvalue weighted by atomic mass is 9.98. The van der Waals surface area contributed by atoms with Crippen molar-refractivity contribution in [3.05, 3.63) is 83.5 Å². The first-order valence-electron chi connectivity index (χ1n) is 10.1. The Bertz CT molecular complexity index is 1270. The van der Waals surface area contributed by atoms with Crippen molar-refractivity contribution in [2.75, 3.05) is 12.9 Å². The van der Waals surface area contributed by atoms with E-state index in [9.17, 15) is 4.79 Å². The molecular weight excluding hydrogens is 440 g/mol. The summed E-state index contributed by atoms with van der Waals surface area (Å²) in [5.41, 5.74) is 3.88. The van der Waals surface area contributed by atoms with Gasteiger partial charge in [-0.25, -0.2) is 15.0 Å². The molecule has 0 bridgehead atoms. The highest BCUT2D eigenvalue weighted by Gasteiger charge is 2.33. The third kappa shape index (κ3) is 4.11. The van der Waals surface area contributed by atoms with Crippen molar-refractivity contribution >= 4 is 44.9 Å². The molecule has 0 fully saturated rings. The molecule has 1 unspecified atom stereocenters. The number of thioether (sulfide) groups is 1. The third-order valence-electron chi connectivity index (χ3n) is 5.32. The van der Waals surface area contributed by atoms with E-state index >= 15 is 0 Å². The Kier molecular flexibility index (Phi) is 5.87. The molecule has 0 N–H and O–H groups in total. The van der Waals surface area contributed by atoms with Gasteiger partial charge < -0.3 is 4.74 Å². The molecule has 1 aliphatic heterocycles. The lowest BCUT2D eigenvalue weighted by Crippen LogP contribution is -2.28. The SMILES string of the molecule is COc1ccc(C2CC(c3ccccc3)=NN2C(=O)CSc2ncnc3ccsc23)cc1. The Morgan fingerprint density at radius 2 is 1.94 bits per heavy atom. The number of carbonyl (C=O) groups excluding carboxylic acids is 1. The van der Waals surface area contributed by atoms with Gasteiger partial charge in [-0.15, -0.1) is 11.3 Å². The summed E-state index contributed by atoms with van der Waals surface area (Å²) in [7, 11) is 1.64. The minimum Gasteiger partial charge on any atom is -0.497 e. The Labute approximate surface area is 194 Å². The van der Waals surface area contributed by atoms with Crippen molar-refractivity contribution in [1.29, 1.82) is 0 Å². The van der Waals surface area contributed by atoms with Crippen molar-refractivity contribution in [3.63, 3.8) is 0 Å². The number of methoxy groups -OCH3 is 1. The zero-order valence-electron chi connectivity index (χ0n) is 17.3. The first kappa shape index (κ1) is 20.7. The standard InChI is InChI=1S/C24H20N4O2S2/c1-30-18-9-7-17(8-10-18)21-13-20(16-5-3-2-4-6-16)27-28(21)22(29)14-32-24-23-19(11-12-31-23)25-15-26-24/h2-12,15,21H,13-14H2,1H3. The Hall–Kier alpha value is -3.23. The van der Waals surface area contributed by atoms with Crippen molar-refractivity contribution in [3.8, 4) is 5.75 Å². The van der Waals surface area contributed by atoms with Gasteiger partial charge in [-0.05, 0) is 34.7 Å². The predicted molar refractivity (Wildman–Crippen MR) is 128 cm³/mol. The normalized spacial score (nSPS) is 15.7. The molecule has 160 valence electrons. The zero-order valence-corrected chi connectivity index (χ0v) is 19.0. The average molecular weight is 461 g/mol. The smallest absolute Gasteiger partial charge is 0.253 e. The minimum absolute atomic E-state index is 0.0509. The van der Waals surface area contributed by atoms with Crippen LogP contribution in [-0.2, 0) is 4.79 Å². The first-order valence-corrected chi connectivity index (χ1v) is 12.0. The second-order valence-electron chi connectivity index (χ2n) is 7.25. The highest BCUT2D eigenvalue weighted by Crippen LogP contribution is 2.35. The molecule has 1 atom stereocenters. The lowest BCUT2D eigenvalue weighted by molar-refractivity contribution is -0.130. The molecule has 1 aliphatic rings. The van der Waals surface area contributed by atoms with E-state index < -0.39 is 0 Å². The van der Waals surface area contributed by atoms with Crippen LogP contribution in [0.5, 0.6) is 5.75 Å². The lowest BCUT2D eigenvalue weighted by Gasteiger charge is -2.22. The quantitative estimate of drug-likeness (QED) is 0.293. The second-order valence-corrected chi connectivity index (χ2v) is 9.13. The number of fused-ring (bicyclic) bond motifs is 1. The van der Waals surface area contributed by atoms with E-state index in [4.69, 9.17) is 9.84 Å². The van der Waals surface area contributed by atoms with Crippen LogP contribution in [0.25, 0.3) is 10.2 Å². The van der Waals surface area contributed by atoms with E-state index in [1.165, 1.54) is 11.8 Å². The molecule has 2 aromatic carbocycles. The molecule has 3 heterocycles. The Morgan fingerprint density at radius 1 is 1.12 bits per heavy atom. The van der Waals surface area contributed by atoms with Crippen LogP contribution in [0.4, 0.5) is 0 Å². The van der Waals surface area contributed by atoms with Crippen molar-refractivity contribution in [1.82, 2.24) is 15.0 Å². The molecule has 0 spiro atoms. The van der Waals surface area contributed by atoms with Crippen LogP contribution in [0.3, 0.4) is 0 Å². The van der Waals surface area contributed by atoms with Gasteiger partial charge in [0.05, 0.1) is 34.8 Å². The fraction of sp³-hybridized carbons (Fsp3) is 0.167. The van der Waals surface area contributed by atoms with Gasteiger partial charge >= 0.3 is 0 Å². The number of rotatable bonds is 6. The van der Waals surface area contributed by atoms with Gasteiger partial charge in [0.1, 0.15) is 17.1 Å². The summed E-state index contributed by atoms with van der Waals surface area (Å²) < 4.78 is 6.30. The summed E-state index contributed by atoms with van der Waals surface area (Å²) in [5, 5.41) is 9.19. The van der Waals surface area contributed by atoms with Crippen LogP contribution >= 0.6 is 23.1 Å². The highest BCUT2D eigenvalue weighted by atomic mass is 32.2. The Balaban J connectivity index is 1.40. The van der Waals surface area contributed by atoms with E-state index in [2.05, 4.69) is 9.97 Å². The number of aromatic nitrogens is 2. The topological polar surface area (TPSA) is 67.7 Å². The summed E-state index contributed by atoms with van der Waals surface area (Å²) in [4.78, 5) is 22.0. The van der Waals surface area contributed by atoms with E-state index in [-0.39, 0.29) is 17.7 Å². The summed E-state index contributed by atoms with van der Waals surface area (Å²) >= 11 is 3.01. The van der Waals surface area contributed by atoms with Crippen LogP contribution in [0.15, 0.2) is 82.5 Å². The van der Waals surface area contributed by atoms with Gasteiger partial charge in [0.15, 0.2) is 0 Å². The third-order valence-corrected chi connectivity index (χ3v) is 7.33. The predicted octanol–water partition coefficient (Wildman–Crippen LogP) is 5.17. The first-order chi connectivity index (χ1) is 15.7. The van der Waals surface area contributed by atoms with Crippen molar-refractivity contribution in [2.24, 2.45) is 5.10 Å². The molecule has 2 aromatic heterocycles. The number of benzene rings is 2. The molecule has 8 heteroatoms. The van der Waals surface area contributed by atoms with Crippen molar-refractivity contribution in [2.45, 2.75) is 17.5 Å². The molecule has 0 saturated carbocycles. The molecule has 32 heavy (non-hydrogen) atoms. The van der Waals surface area contributed by atoms with E-state index in [0.717, 1.165) is 37.8 Å². The number of ether oxygens (including phenoxy) is 1. The fourth-order valence-electron chi connectivity index (χ4n) is 3.70. The van der Waals surface area contributed by atoms with Crippen molar-refractivity contribution < 1.29 is 9.53 Å². The Morgan fingerprint density at radius 3 is 2.72 bits per heavy atom.